The second kappa shape index (κ2) is 4.60. The molecule has 0 amide bonds. The highest BCUT2D eigenvalue weighted by molar-refractivity contribution is 5.43. The largest absolute Gasteiger partial charge is 0.397 e. The van der Waals surface area contributed by atoms with Gasteiger partial charge in [0.15, 0.2) is 0 Å². The summed E-state index contributed by atoms with van der Waals surface area (Å²) in [4.78, 5) is 11.7. The second-order valence-electron chi connectivity index (χ2n) is 4.16. The van der Waals surface area contributed by atoms with E-state index in [9.17, 15) is 13.6 Å². The van der Waals surface area contributed by atoms with Gasteiger partial charge in [0, 0.05) is 18.3 Å². The topological polar surface area (TPSA) is 48.0 Å². The summed E-state index contributed by atoms with van der Waals surface area (Å²) in [6.07, 6.45) is 1.47. The van der Waals surface area contributed by atoms with Gasteiger partial charge >= 0.3 is 0 Å². The highest BCUT2D eigenvalue weighted by atomic mass is 19.1. The van der Waals surface area contributed by atoms with Crippen molar-refractivity contribution in [2.24, 2.45) is 0 Å². The molecule has 0 spiro atoms. The van der Waals surface area contributed by atoms with Crippen LogP contribution in [0.3, 0.4) is 0 Å². The van der Waals surface area contributed by atoms with Gasteiger partial charge in [0.25, 0.3) is 5.56 Å². The third-order valence-corrected chi connectivity index (χ3v) is 2.65. The molecule has 1 aromatic heterocycles. The lowest BCUT2D eigenvalue weighted by Crippen LogP contribution is -2.20. The van der Waals surface area contributed by atoms with Crippen LogP contribution in [-0.4, -0.2) is 4.57 Å². The van der Waals surface area contributed by atoms with Crippen LogP contribution in [0.15, 0.2) is 35.3 Å². The Morgan fingerprint density at radius 3 is 2.39 bits per heavy atom. The van der Waals surface area contributed by atoms with Crippen LogP contribution >= 0.6 is 0 Å². The summed E-state index contributed by atoms with van der Waals surface area (Å²) >= 11 is 0. The molecule has 3 nitrogen and oxygen atoms in total. The van der Waals surface area contributed by atoms with E-state index in [4.69, 9.17) is 5.73 Å². The van der Waals surface area contributed by atoms with Gasteiger partial charge < -0.3 is 10.3 Å². The maximum absolute atomic E-state index is 13.0. The summed E-state index contributed by atoms with van der Waals surface area (Å²) in [5, 5.41) is 0. The molecule has 0 aliphatic heterocycles. The van der Waals surface area contributed by atoms with E-state index in [1.54, 1.807) is 6.92 Å². The Balaban J connectivity index is 2.40. The number of hydrogen-bond donors (Lipinski definition) is 1. The molecule has 5 heteroatoms. The molecule has 0 radical (unpaired) electrons. The average molecular weight is 250 g/mol. The van der Waals surface area contributed by atoms with Crippen molar-refractivity contribution >= 4 is 5.69 Å². The summed E-state index contributed by atoms with van der Waals surface area (Å²) < 4.78 is 27.4. The molecule has 0 aliphatic rings. The van der Waals surface area contributed by atoms with Crippen molar-refractivity contribution in [1.29, 1.82) is 0 Å². The van der Waals surface area contributed by atoms with Gasteiger partial charge in [-0.3, -0.25) is 4.79 Å². The Kier molecular flexibility index (Phi) is 3.14. The number of rotatable bonds is 2. The second-order valence-corrected chi connectivity index (χ2v) is 4.16. The van der Waals surface area contributed by atoms with Gasteiger partial charge in [-0.05, 0) is 30.2 Å². The number of nitrogens with two attached hydrogens (primary N) is 1. The van der Waals surface area contributed by atoms with Crippen molar-refractivity contribution in [3.63, 3.8) is 0 Å². The molecule has 94 valence electrons. The van der Waals surface area contributed by atoms with E-state index in [1.807, 2.05) is 0 Å². The first-order chi connectivity index (χ1) is 8.45. The number of anilines is 1. The number of pyridine rings is 1. The van der Waals surface area contributed by atoms with E-state index in [0.29, 0.717) is 16.8 Å². The van der Waals surface area contributed by atoms with Gasteiger partial charge in [-0.25, -0.2) is 8.78 Å². The van der Waals surface area contributed by atoms with Crippen molar-refractivity contribution in [1.82, 2.24) is 4.57 Å². The highest BCUT2D eigenvalue weighted by Gasteiger charge is 2.04. The summed E-state index contributed by atoms with van der Waals surface area (Å²) in [5.41, 5.74) is 6.96. The maximum Gasteiger partial charge on any atom is 0.251 e. The van der Waals surface area contributed by atoms with Gasteiger partial charge in [-0.15, -0.1) is 0 Å². The van der Waals surface area contributed by atoms with E-state index in [-0.39, 0.29) is 12.1 Å². The van der Waals surface area contributed by atoms with Gasteiger partial charge in [0.2, 0.25) is 0 Å². The predicted molar refractivity (Wildman–Crippen MR) is 65.3 cm³/mol. The lowest BCUT2D eigenvalue weighted by atomic mass is 10.2. The molecule has 2 N–H and O–H groups in total. The highest BCUT2D eigenvalue weighted by Crippen LogP contribution is 2.11. The molecule has 0 fully saturated rings. The lowest BCUT2D eigenvalue weighted by molar-refractivity contribution is 0.577. The molecular formula is C13H12F2N2O. The fourth-order valence-corrected chi connectivity index (χ4v) is 1.71. The van der Waals surface area contributed by atoms with Crippen LogP contribution < -0.4 is 11.3 Å². The first-order valence-electron chi connectivity index (χ1n) is 5.37. The molecule has 0 saturated carbocycles. The number of aryl methyl sites for hydroxylation is 1. The number of benzene rings is 1. The normalized spacial score (nSPS) is 10.6. The first-order valence-corrected chi connectivity index (χ1v) is 5.37. The van der Waals surface area contributed by atoms with E-state index >= 15 is 0 Å². The minimum Gasteiger partial charge on any atom is -0.397 e. The molecule has 1 aromatic carbocycles. The van der Waals surface area contributed by atoms with Crippen LogP contribution in [0.2, 0.25) is 0 Å². The fourth-order valence-electron chi connectivity index (χ4n) is 1.71. The molecule has 2 aromatic rings. The standard InChI is InChI=1S/C13H12F2N2O/c1-8-2-13(18)17(7-12(8)16)6-9-3-10(14)5-11(15)4-9/h2-5,7H,6,16H2,1H3. The zero-order valence-corrected chi connectivity index (χ0v) is 9.78. The molecule has 0 unspecified atom stereocenters. The molecule has 18 heavy (non-hydrogen) atoms. The van der Waals surface area contributed by atoms with Gasteiger partial charge in [-0.2, -0.15) is 0 Å². The van der Waals surface area contributed by atoms with E-state index in [0.717, 1.165) is 6.07 Å². The maximum atomic E-state index is 13.0. The molecule has 2 rings (SSSR count). The Hall–Kier alpha value is -2.17. The summed E-state index contributed by atoms with van der Waals surface area (Å²) in [7, 11) is 0. The van der Waals surface area contributed by atoms with Crippen LogP contribution in [0.4, 0.5) is 14.5 Å². The quantitative estimate of drug-likeness (QED) is 0.886. The van der Waals surface area contributed by atoms with Gasteiger partial charge in [0.1, 0.15) is 11.6 Å². The lowest BCUT2D eigenvalue weighted by Gasteiger charge is -2.08. The predicted octanol–water partition coefficient (Wildman–Crippen LogP) is 2.07. The van der Waals surface area contributed by atoms with Crippen molar-refractivity contribution in [3.05, 3.63) is 63.6 Å². The van der Waals surface area contributed by atoms with Gasteiger partial charge in [0.05, 0.1) is 12.2 Å². The van der Waals surface area contributed by atoms with Crippen molar-refractivity contribution in [2.45, 2.75) is 13.5 Å². The van der Waals surface area contributed by atoms with Crippen LogP contribution in [0.1, 0.15) is 11.1 Å². The SMILES string of the molecule is Cc1cc(=O)n(Cc2cc(F)cc(F)c2)cc1N. The number of halogens is 2. The Bertz CT molecular complexity index is 630. The van der Waals surface area contributed by atoms with Crippen molar-refractivity contribution in [3.8, 4) is 0 Å². The Morgan fingerprint density at radius 1 is 1.17 bits per heavy atom. The van der Waals surface area contributed by atoms with E-state index < -0.39 is 11.6 Å². The number of nitrogens with zero attached hydrogens (tertiary/aromatic N) is 1. The van der Waals surface area contributed by atoms with Crippen LogP contribution in [-0.2, 0) is 6.54 Å². The van der Waals surface area contributed by atoms with Crippen molar-refractivity contribution < 1.29 is 8.78 Å². The number of hydrogen-bond acceptors (Lipinski definition) is 2. The van der Waals surface area contributed by atoms with E-state index in [1.165, 1.54) is 29.0 Å². The third-order valence-electron chi connectivity index (χ3n) is 2.65. The average Bonchev–Trinajstić information content (AvgIpc) is 2.24. The zero-order chi connectivity index (χ0) is 13.3. The van der Waals surface area contributed by atoms with Crippen LogP contribution in [0, 0.1) is 18.6 Å². The third kappa shape index (κ3) is 2.56. The molecular weight excluding hydrogens is 238 g/mol. The zero-order valence-electron chi connectivity index (χ0n) is 9.78. The molecule has 1 heterocycles. The fraction of sp³-hybridized carbons (Fsp3) is 0.154. The van der Waals surface area contributed by atoms with E-state index in [2.05, 4.69) is 0 Å². The number of aromatic nitrogens is 1. The summed E-state index contributed by atoms with van der Waals surface area (Å²) in [6, 6.07) is 4.55. The first kappa shape index (κ1) is 12.3. The van der Waals surface area contributed by atoms with Crippen molar-refractivity contribution in [2.75, 3.05) is 5.73 Å². The summed E-state index contributed by atoms with van der Waals surface area (Å²) in [5.74, 6) is -1.34. The monoisotopic (exact) mass is 250 g/mol. The van der Waals surface area contributed by atoms with Crippen LogP contribution in [0.5, 0.6) is 0 Å². The minimum absolute atomic E-state index is 0.0813. The van der Waals surface area contributed by atoms with Crippen LogP contribution in [0.25, 0.3) is 0 Å². The smallest absolute Gasteiger partial charge is 0.251 e. The van der Waals surface area contributed by atoms with Gasteiger partial charge in [-0.1, -0.05) is 0 Å². The molecule has 0 saturated heterocycles. The summed E-state index contributed by atoms with van der Waals surface area (Å²) in [6.45, 7) is 1.81. The molecule has 0 atom stereocenters. The molecule has 0 bridgehead atoms. The Morgan fingerprint density at radius 2 is 1.78 bits per heavy atom. The molecule has 0 aliphatic carbocycles. The number of nitrogen functional groups attached to an aromatic ring is 1. The Labute approximate surface area is 102 Å². The minimum atomic E-state index is -0.668.